The molecule has 0 saturated heterocycles. The number of rotatable bonds is 0. The average Bonchev–Trinajstić information content (AvgIpc) is 2.14. The minimum atomic E-state index is -0.318. The van der Waals surface area contributed by atoms with Crippen LogP contribution < -0.4 is 0 Å². The highest BCUT2D eigenvalue weighted by Crippen LogP contribution is 2.25. The summed E-state index contributed by atoms with van der Waals surface area (Å²) in [5.41, 5.74) is 1.17. The molecule has 4 heteroatoms. The fourth-order valence-electron chi connectivity index (χ4n) is 1.52. The number of nitrogens with zero attached hydrogens (tertiary/aromatic N) is 1. The molecule has 0 bridgehead atoms. The zero-order valence-electron chi connectivity index (χ0n) is 7.58. The maximum atomic E-state index is 11.7. The van der Waals surface area contributed by atoms with Crippen LogP contribution in [0.25, 0.3) is 0 Å². The molecular formula is C10H8ClNO2. The largest absolute Gasteiger partial charge is 0.281 e. The summed E-state index contributed by atoms with van der Waals surface area (Å²) in [7, 11) is 1.47. The Balaban J connectivity index is 2.62. The third kappa shape index (κ3) is 1.21. The zero-order valence-corrected chi connectivity index (χ0v) is 8.34. The van der Waals surface area contributed by atoms with E-state index < -0.39 is 0 Å². The van der Waals surface area contributed by atoms with E-state index in [1.165, 1.54) is 7.05 Å². The van der Waals surface area contributed by atoms with Crippen molar-refractivity contribution in [3.8, 4) is 0 Å². The van der Waals surface area contributed by atoms with E-state index in [-0.39, 0.29) is 18.2 Å². The minimum Gasteiger partial charge on any atom is -0.281 e. The smallest absolute Gasteiger partial charge is 0.262 e. The molecule has 0 unspecified atom stereocenters. The molecule has 2 rings (SSSR count). The number of imide groups is 1. The molecule has 2 amide bonds. The summed E-state index contributed by atoms with van der Waals surface area (Å²) < 4.78 is 0. The van der Waals surface area contributed by atoms with Crippen LogP contribution in [0.15, 0.2) is 18.2 Å². The Kier molecular flexibility index (Phi) is 2.04. The Morgan fingerprint density at radius 2 is 2.07 bits per heavy atom. The van der Waals surface area contributed by atoms with E-state index in [9.17, 15) is 9.59 Å². The van der Waals surface area contributed by atoms with Crippen LogP contribution >= 0.6 is 11.6 Å². The van der Waals surface area contributed by atoms with Gasteiger partial charge in [-0.3, -0.25) is 14.5 Å². The third-order valence-corrected chi connectivity index (χ3v) is 2.65. The van der Waals surface area contributed by atoms with Crippen LogP contribution in [-0.2, 0) is 11.2 Å². The van der Waals surface area contributed by atoms with E-state index in [2.05, 4.69) is 0 Å². The second kappa shape index (κ2) is 3.10. The highest BCUT2D eigenvalue weighted by Gasteiger charge is 2.29. The van der Waals surface area contributed by atoms with Crippen LogP contribution in [0.4, 0.5) is 0 Å². The molecule has 0 N–H and O–H groups in total. The fourth-order valence-corrected chi connectivity index (χ4v) is 1.79. The highest BCUT2D eigenvalue weighted by atomic mass is 35.5. The van der Waals surface area contributed by atoms with Crippen molar-refractivity contribution in [1.29, 1.82) is 0 Å². The van der Waals surface area contributed by atoms with Gasteiger partial charge in [0.1, 0.15) is 0 Å². The number of fused-ring (bicyclic) bond motifs is 1. The lowest BCUT2D eigenvalue weighted by Crippen LogP contribution is -2.39. The summed E-state index contributed by atoms with van der Waals surface area (Å²) in [4.78, 5) is 24.1. The van der Waals surface area contributed by atoms with Crippen LogP contribution in [0.2, 0.25) is 5.02 Å². The molecule has 0 saturated carbocycles. The van der Waals surface area contributed by atoms with Gasteiger partial charge >= 0.3 is 0 Å². The normalized spacial score (nSPS) is 15.7. The number of benzene rings is 1. The maximum absolute atomic E-state index is 11.7. The van der Waals surface area contributed by atoms with Crippen molar-refractivity contribution in [3.05, 3.63) is 34.3 Å². The van der Waals surface area contributed by atoms with Crippen LogP contribution in [0.3, 0.4) is 0 Å². The first-order valence-electron chi connectivity index (χ1n) is 4.19. The molecule has 0 aliphatic carbocycles. The molecule has 1 aliphatic rings. The number of carbonyl (C=O) groups is 2. The molecule has 0 radical (unpaired) electrons. The number of halogens is 1. The monoisotopic (exact) mass is 209 g/mol. The molecule has 0 atom stereocenters. The molecule has 0 aromatic heterocycles. The van der Waals surface area contributed by atoms with E-state index in [0.29, 0.717) is 16.1 Å². The molecule has 1 heterocycles. The van der Waals surface area contributed by atoms with Crippen LogP contribution in [0.5, 0.6) is 0 Å². The minimum absolute atomic E-state index is 0.190. The summed E-state index contributed by atoms with van der Waals surface area (Å²) in [5, 5.41) is 0.409. The van der Waals surface area contributed by atoms with Gasteiger partial charge in [0.2, 0.25) is 5.91 Å². The topological polar surface area (TPSA) is 37.4 Å². The Morgan fingerprint density at radius 3 is 2.79 bits per heavy atom. The second-order valence-corrected chi connectivity index (χ2v) is 3.62. The molecule has 14 heavy (non-hydrogen) atoms. The van der Waals surface area contributed by atoms with Crippen LogP contribution in [-0.4, -0.2) is 23.8 Å². The summed E-state index contributed by atoms with van der Waals surface area (Å²) in [6, 6.07) is 5.15. The lowest BCUT2D eigenvalue weighted by molar-refractivity contribution is -0.127. The zero-order chi connectivity index (χ0) is 10.3. The molecular weight excluding hydrogens is 202 g/mol. The van der Waals surface area contributed by atoms with Crippen LogP contribution in [0, 0.1) is 0 Å². The average molecular weight is 210 g/mol. The second-order valence-electron chi connectivity index (χ2n) is 3.21. The van der Waals surface area contributed by atoms with Gasteiger partial charge in [-0.1, -0.05) is 23.7 Å². The predicted molar refractivity (Wildman–Crippen MR) is 52.3 cm³/mol. The number of likely N-dealkylation sites (N-methyl/N-ethyl adjacent to an activating group) is 1. The molecule has 3 nitrogen and oxygen atoms in total. The van der Waals surface area contributed by atoms with Crippen molar-refractivity contribution >= 4 is 23.4 Å². The van der Waals surface area contributed by atoms with E-state index in [0.717, 1.165) is 4.90 Å². The Hall–Kier alpha value is -1.35. The third-order valence-electron chi connectivity index (χ3n) is 2.33. The first kappa shape index (κ1) is 9.21. The Morgan fingerprint density at radius 1 is 1.36 bits per heavy atom. The van der Waals surface area contributed by atoms with Crippen molar-refractivity contribution in [3.63, 3.8) is 0 Å². The molecule has 1 aliphatic heterocycles. The molecule has 1 aromatic carbocycles. The molecule has 0 fully saturated rings. The number of amides is 2. The van der Waals surface area contributed by atoms with Crippen molar-refractivity contribution < 1.29 is 9.59 Å². The van der Waals surface area contributed by atoms with Gasteiger partial charge in [-0.05, 0) is 11.6 Å². The van der Waals surface area contributed by atoms with Crippen molar-refractivity contribution in [2.24, 2.45) is 0 Å². The van der Waals surface area contributed by atoms with Gasteiger partial charge in [0.15, 0.2) is 0 Å². The lowest BCUT2D eigenvalue weighted by Gasteiger charge is -2.23. The maximum Gasteiger partial charge on any atom is 0.262 e. The van der Waals surface area contributed by atoms with Crippen LogP contribution in [0.1, 0.15) is 15.9 Å². The predicted octanol–water partition coefficient (Wildman–Crippen LogP) is 1.49. The number of hydrogen-bond acceptors (Lipinski definition) is 2. The first-order chi connectivity index (χ1) is 6.61. The first-order valence-corrected chi connectivity index (χ1v) is 4.57. The highest BCUT2D eigenvalue weighted by molar-refractivity contribution is 6.34. The van der Waals surface area contributed by atoms with E-state index in [1.807, 2.05) is 0 Å². The fraction of sp³-hybridized carbons (Fsp3) is 0.200. The lowest BCUT2D eigenvalue weighted by atomic mass is 9.99. The van der Waals surface area contributed by atoms with Gasteiger partial charge < -0.3 is 0 Å². The number of carbonyl (C=O) groups excluding carboxylic acids is 2. The summed E-state index contributed by atoms with van der Waals surface area (Å²) in [6.07, 6.45) is 0.248. The van der Waals surface area contributed by atoms with Crippen molar-refractivity contribution in [1.82, 2.24) is 4.90 Å². The Bertz CT molecular complexity index is 428. The van der Waals surface area contributed by atoms with E-state index in [4.69, 9.17) is 11.6 Å². The quantitative estimate of drug-likeness (QED) is 0.608. The molecule has 72 valence electrons. The van der Waals surface area contributed by atoms with Gasteiger partial charge in [-0.25, -0.2) is 0 Å². The standard InChI is InChI=1S/C10H8ClNO2/c1-12-8(13)5-6-3-2-4-7(11)9(6)10(12)14/h2-4H,5H2,1H3. The van der Waals surface area contributed by atoms with Crippen molar-refractivity contribution in [2.45, 2.75) is 6.42 Å². The SMILES string of the molecule is CN1C(=O)Cc2cccc(Cl)c2C1=O. The molecule has 0 spiro atoms. The Labute approximate surface area is 86.3 Å². The molecule has 1 aromatic rings. The van der Waals surface area contributed by atoms with Gasteiger partial charge in [0.25, 0.3) is 5.91 Å². The summed E-state index contributed by atoms with van der Waals surface area (Å²) in [5.74, 6) is -0.508. The number of hydrogen-bond donors (Lipinski definition) is 0. The van der Waals surface area contributed by atoms with Gasteiger partial charge in [-0.15, -0.1) is 0 Å². The van der Waals surface area contributed by atoms with Gasteiger partial charge in [0.05, 0.1) is 17.0 Å². The summed E-state index contributed by atoms with van der Waals surface area (Å²) in [6.45, 7) is 0. The van der Waals surface area contributed by atoms with Crippen molar-refractivity contribution in [2.75, 3.05) is 7.05 Å². The van der Waals surface area contributed by atoms with Gasteiger partial charge in [-0.2, -0.15) is 0 Å². The van der Waals surface area contributed by atoms with Gasteiger partial charge in [0, 0.05) is 7.05 Å². The van der Waals surface area contributed by atoms with E-state index >= 15 is 0 Å². The summed E-state index contributed by atoms with van der Waals surface area (Å²) >= 11 is 5.89. The van der Waals surface area contributed by atoms with E-state index in [1.54, 1.807) is 18.2 Å².